The minimum Gasteiger partial charge on any atom is -0.504 e. The summed E-state index contributed by atoms with van der Waals surface area (Å²) in [5.74, 6) is 0.00565. The van der Waals surface area contributed by atoms with Crippen LogP contribution in [0.4, 0.5) is 5.00 Å². The van der Waals surface area contributed by atoms with Gasteiger partial charge < -0.3 is 24.6 Å². The van der Waals surface area contributed by atoms with Crippen molar-refractivity contribution in [1.82, 2.24) is 5.43 Å². The largest absolute Gasteiger partial charge is 0.504 e. The number of aromatic hydroxyl groups is 1. The monoisotopic (exact) mass is 593 g/mol. The maximum absolute atomic E-state index is 13.1. The zero-order valence-electron chi connectivity index (χ0n) is 24.1. The van der Waals surface area contributed by atoms with Crippen molar-refractivity contribution >= 4 is 40.3 Å². The molecular weight excluding hydrogens is 558 g/mol. The van der Waals surface area contributed by atoms with E-state index in [0.29, 0.717) is 45.7 Å². The van der Waals surface area contributed by atoms with Crippen LogP contribution in [-0.4, -0.2) is 48.4 Å². The molecule has 3 N–H and O–H groups in total. The number of carbonyl (C=O) groups excluding carboxylic acids is 3. The van der Waals surface area contributed by atoms with Crippen LogP contribution in [0.2, 0.25) is 0 Å². The minimum absolute atomic E-state index is 0.0184. The fourth-order valence-corrected chi connectivity index (χ4v) is 5.91. The number of benzene rings is 2. The molecule has 1 aromatic heterocycles. The Hall–Kier alpha value is -4.38. The number of esters is 1. The molecule has 2 amide bonds. The lowest BCUT2D eigenvalue weighted by Crippen LogP contribution is -2.33. The molecule has 0 saturated carbocycles. The quantitative estimate of drug-likeness (QED) is 0.155. The second-order valence-corrected chi connectivity index (χ2v) is 11.0. The molecule has 2 atom stereocenters. The summed E-state index contributed by atoms with van der Waals surface area (Å²) in [5, 5.41) is 17.2. The van der Waals surface area contributed by atoms with Crippen molar-refractivity contribution in [3.63, 3.8) is 0 Å². The normalized spacial score (nSPS) is 15.0. The van der Waals surface area contributed by atoms with Gasteiger partial charge in [-0.15, -0.1) is 11.3 Å². The van der Waals surface area contributed by atoms with Crippen molar-refractivity contribution in [2.24, 2.45) is 11.0 Å². The average Bonchev–Trinajstić information content (AvgIpc) is 3.32. The standard InChI is InChI=1S/C31H35N3O7S/c1-5-39-25-16-20(8-14-24(25)35)17-32-34-28(36)19(4)41-22-11-9-21(10-12-22)29(37)33-30-27(31(38)40-6-2)23-13-7-18(3)15-26(23)42-30/h8-12,14,16-19,35H,5-7,13,15H2,1-4H3,(H,33,37)(H,34,36)/b32-17+/t18-,19+/m1/s1. The number of nitrogens with zero attached hydrogens (tertiary/aromatic N) is 1. The number of hydrogen-bond acceptors (Lipinski definition) is 9. The molecular formula is C31H35N3O7S. The third-order valence-corrected chi connectivity index (χ3v) is 7.86. The van der Waals surface area contributed by atoms with Crippen LogP contribution < -0.4 is 20.2 Å². The number of anilines is 1. The van der Waals surface area contributed by atoms with Crippen molar-refractivity contribution in [2.75, 3.05) is 18.5 Å². The van der Waals surface area contributed by atoms with Crippen LogP contribution in [0, 0.1) is 5.92 Å². The topological polar surface area (TPSA) is 136 Å². The zero-order valence-corrected chi connectivity index (χ0v) is 24.9. The summed E-state index contributed by atoms with van der Waals surface area (Å²) in [5.41, 5.74) is 4.86. The average molecular weight is 594 g/mol. The molecule has 0 aliphatic heterocycles. The van der Waals surface area contributed by atoms with Gasteiger partial charge in [-0.1, -0.05) is 6.92 Å². The molecule has 2 aromatic carbocycles. The molecule has 0 spiro atoms. The summed E-state index contributed by atoms with van der Waals surface area (Å²) < 4.78 is 16.3. The number of hydrazone groups is 1. The summed E-state index contributed by atoms with van der Waals surface area (Å²) in [7, 11) is 0. The van der Waals surface area contributed by atoms with E-state index in [-0.39, 0.29) is 18.3 Å². The molecule has 0 fully saturated rings. The smallest absolute Gasteiger partial charge is 0.341 e. The Morgan fingerprint density at radius 1 is 1.14 bits per heavy atom. The summed E-state index contributed by atoms with van der Waals surface area (Å²) in [6.45, 7) is 7.99. The first kappa shape index (κ1) is 30.6. The van der Waals surface area contributed by atoms with E-state index >= 15 is 0 Å². The highest BCUT2D eigenvalue weighted by Crippen LogP contribution is 2.40. The molecule has 1 aliphatic carbocycles. The zero-order chi connectivity index (χ0) is 30.2. The van der Waals surface area contributed by atoms with E-state index in [1.165, 1.54) is 23.6 Å². The second-order valence-electron chi connectivity index (χ2n) is 9.91. The molecule has 0 radical (unpaired) electrons. The van der Waals surface area contributed by atoms with Crippen LogP contribution in [0.5, 0.6) is 17.2 Å². The van der Waals surface area contributed by atoms with Crippen molar-refractivity contribution in [1.29, 1.82) is 0 Å². The fourth-order valence-electron chi connectivity index (χ4n) is 4.52. The van der Waals surface area contributed by atoms with Crippen molar-refractivity contribution in [2.45, 2.75) is 53.1 Å². The molecule has 222 valence electrons. The van der Waals surface area contributed by atoms with Gasteiger partial charge in [-0.25, -0.2) is 10.2 Å². The lowest BCUT2D eigenvalue weighted by atomic mass is 9.88. The van der Waals surface area contributed by atoms with Crippen molar-refractivity contribution < 1.29 is 33.7 Å². The predicted molar refractivity (Wildman–Crippen MR) is 161 cm³/mol. The molecule has 10 nitrogen and oxygen atoms in total. The first-order valence-corrected chi connectivity index (χ1v) is 14.7. The number of carbonyl (C=O) groups is 3. The van der Waals surface area contributed by atoms with Crippen LogP contribution in [0.25, 0.3) is 0 Å². The number of thiophene rings is 1. The van der Waals surface area contributed by atoms with Gasteiger partial charge in [0.1, 0.15) is 10.8 Å². The van der Waals surface area contributed by atoms with Crippen molar-refractivity contribution in [3.8, 4) is 17.2 Å². The van der Waals surface area contributed by atoms with Crippen LogP contribution in [0.3, 0.4) is 0 Å². The van der Waals surface area contributed by atoms with Gasteiger partial charge in [0.05, 0.1) is 25.0 Å². The molecule has 42 heavy (non-hydrogen) atoms. The Bertz CT molecular complexity index is 1470. The van der Waals surface area contributed by atoms with E-state index < -0.39 is 18.0 Å². The first-order valence-electron chi connectivity index (χ1n) is 13.9. The summed E-state index contributed by atoms with van der Waals surface area (Å²) in [6.07, 6.45) is 3.20. The maximum atomic E-state index is 13.1. The molecule has 1 aliphatic rings. The van der Waals surface area contributed by atoms with E-state index in [4.69, 9.17) is 14.2 Å². The summed E-state index contributed by atoms with van der Waals surface area (Å²) >= 11 is 1.44. The summed E-state index contributed by atoms with van der Waals surface area (Å²) in [4.78, 5) is 39.4. The van der Waals surface area contributed by atoms with Crippen LogP contribution in [-0.2, 0) is 22.4 Å². The minimum atomic E-state index is -0.868. The molecule has 0 saturated heterocycles. The molecule has 1 heterocycles. The number of phenolic OH excluding ortho intramolecular Hbond substituents is 1. The number of nitrogens with one attached hydrogen (secondary N) is 2. The van der Waals surface area contributed by atoms with Gasteiger partial charge in [-0.05, 0) is 99.5 Å². The highest BCUT2D eigenvalue weighted by molar-refractivity contribution is 7.17. The first-order chi connectivity index (χ1) is 20.2. The highest BCUT2D eigenvalue weighted by atomic mass is 32.1. The third kappa shape index (κ3) is 7.47. The van der Waals surface area contributed by atoms with Gasteiger partial charge in [0, 0.05) is 10.4 Å². The molecule has 0 bridgehead atoms. The lowest BCUT2D eigenvalue weighted by Gasteiger charge is -2.18. The van der Waals surface area contributed by atoms with E-state index in [2.05, 4.69) is 22.8 Å². The Balaban J connectivity index is 1.36. The van der Waals surface area contributed by atoms with Gasteiger partial charge in [0.25, 0.3) is 11.8 Å². The van der Waals surface area contributed by atoms with Gasteiger partial charge in [0.2, 0.25) is 0 Å². The lowest BCUT2D eigenvalue weighted by molar-refractivity contribution is -0.127. The van der Waals surface area contributed by atoms with E-state index in [0.717, 1.165) is 29.7 Å². The number of fused-ring (bicyclic) bond motifs is 1. The highest BCUT2D eigenvalue weighted by Gasteiger charge is 2.29. The molecule has 3 aromatic rings. The Labute approximate surface area is 248 Å². The SMILES string of the molecule is CCOC(=O)c1c(NC(=O)c2ccc(O[C@@H](C)C(=O)N/N=C/c3ccc(O)c(OCC)c3)cc2)sc2c1CC[C@@H](C)C2. The number of hydrogen-bond donors (Lipinski definition) is 3. The molecule has 0 unspecified atom stereocenters. The van der Waals surface area contributed by atoms with Gasteiger partial charge >= 0.3 is 5.97 Å². The van der Waals surface area contributed by atoms with Gasteiger partial charge in [-0.2, -0.15) is 5.10 Å². The van der Waals surface area contributed by atoms with Crippen LogP contribution in [0.1, 0.15) is 70.8 Å². The number of ether oxygens (including phenoxy) is 3. The third-order valence-electron chi connectivity index (χ3n) is 6.69. The molecule has 4 rings (SSSR count). The van der Waals surface area contributed by atoms with Gasteiger partial charge in [-0.3, -0.25) is 9.59 Å². The Morgan fingerprint density at radius 2 is 1.90 bits per heavy atom. The number of rotatable bonds is 11. The number of amides is 2. The Morgan fingerprint density at radius 3 is 2.62 bits per heavy atom. The van der Waals surface area contributed by atoms with Gasteiger partial charge in [0.15, 0.2) is 17.6 Å². The second kappa shape index (κ2) is 14.0. The predicted octanol–water partition coefficient (Wildman–Crippen LogP) is 5.32. The van der Waals surface area contributed by atoms with E-state index in [1.54, 1.807) is 50.2 Å². The number of phenols is 1. The van der Waals surface area contributed by atoms with E-state index in [9.17, 15) is 19.5 Å². The Kier molecular flexibility index (Phi) is 10.2. The van der Waals surface area contributed by atoms with Crippen molar-refractivity contribution in [3.05, 3.63) is 69.6 Å². The van der Waals surface area contributed by atoms with Crippen LogP contribution in [0.15, 0.2) is 47.6 Å². The summed E-state index contributed by atoms with van der Waals surface area (Å²) in [6, 6.07) is 11.1. The maximum Gasteiger partial charge on any atom is 0.341 e. The fraction of sp³-hybridized carbons (Fsp3) is 0.355. The van der Waals surface area contributed by atoms with E-state index in [1.807, 2.05) is 6.92 Å². The van der Waals surface area contributed by atoms with Crippen LogP contribution >= 0.6 is 11.3 Å². The molecule has 11 heteroatoms.